The summed E-state index contributed by atoms with van der Waals surface area (Å²) >= 11 is 3.37. The number of benzene rings is 1. The quantitative estimate of drug-likeness (QED) is 0.826. The lowest BCUT2D eigenvalue weighted by atomic mass is 9.65. The first-order chi connectivity index (χ1) is 9.44. The van der Waals surface area contributed by atoms with Crippen molar-refractivity contribution in [3.63, 3.8) is 0 Å². The number of hydrogen-bond donors (Lipinski definition) is 1. The van der Waals surface area contributed by atoms with Crippen molar-refractivity contribution >= 4 is 15.9 Å². The Balaban J connectivity index is 2.09. The van der Waals surface area contributed by atoms with E-state index in [0.29, 0.717) is 6.54 Å². The topological polar surface area (TPSA) is 26.0 Å². The summed E-state index contributed by atoms with van der Waals surface area (Å²) in [6.45, 7) is 5.32. The smallest absolute Gasteiger partial charge is 0.124 e. The molecule has 3 heteroatoms. The SMILES string of the molecule is CC(C)C1CCC(CN)(Cc2cc(F)cc(Br)c2)CC1. The number of halogens is 2. The van der Waals surface area contributed by atoms with Crippen molar-refractivity contribution in [3.8, 4) is 0 Å². The fraction of sp³-hybridized carbons (Fsp3) is 0.647. The highest BCUT2D eigenvalue weighted by atomic mass is 79.9. The van der Waals surface area contributed by atoms with Gasteiger partial charge in [-0.15, -0.1) is 0 Å². The fourth-order valence-electron chi connectivity index (χ4n) is 3.52. The Kier molecular flexibility index (Phi) is 5.25. The molecule has 1 aliphatic carbocycles. The van der Waals surface area contributed by atoms with Gasteiger partial charge in [0.2, 0.25) is 0 Å². The highest BCUT2D eigenvalue weighted by Crippen LogP contribution is 2.43. The molecular formula is C17H25BrFN. The molecule has 1 nitrogen and oxygen atoms in total. The Morgan fingerprint density at radius 2 is 1.95 bits per heavy atom. The summed E-state index contributed by atoms with van der Waals surface area (Å²) in [7, 11) is 0. The van der Waals surface area contributed by atoms with Gasteiger partial charge < -0.3 is 5.73 Å². The van der Waals surface area contributed by atoms with Gasteiger partial charge >= 0.3 is 0 Å². The second-order valence-electron chi connectivity index (χ2n) is 6.74. The molecule has 0 bridgehead atoms. The highest BCUT2D eigenvalue weighted by molar-refractivity contribution is 9.10. The third-order valence-electron chi connectivity index (χ3n) is 4.97. The van der Waals surface area contributed by atoms with Crippen LogP contribution in [0.25, 0.3) is 0 Å². The number of rotatable bonds is 4. The van der Waals surface area contributed by atoms with Crippen LogP contribution in [0.5, 0.6) is 0 Å². The van der Waals surface area contributed by atoms with Crippen LogP contribution >= 0.6 is 15.9 Å². The van der Waals surface area contributed by atoms with Crippen LogP contribution in [0.15, 0.2) is 22.7 Å². The Morgan fingerprint density at radius 3 is 2.45 bits per heavy atom. The maximum atomic E-state index is 13.5. The van der Waals surface area contributed by atoms with Crippen molar-refractivity contribution in [1.29, 1.82) is 0 Å². The Bertz CT molecular complexity index is 430. The molecule has 0 heterocycles. The van der Waals surface area contributed by atoms with Gasteiger partial charge in [-0.2, -0.15) is 0 Å². The number of nitrogens with two attached hydrogens (primary N) is 1. The predicted octanol–water partition coefficient (Wildman–Crippen LogP) is 4.92. The third kappa shape index (κ3) is 3.82. The monoisotopic (exact) mass is 341 g/mol. The van der Waals surface area contributed by atoms with E-state index in [9.17, 15) is 4.39 Å². The average molecular weight is 342 g/mol. The van der Waals surface area contributed by atoms with E-state index in [-0.39, 0.29) is 11.2 Å². The van der Waals surface area contributed by atoms with Crippen molar-refractivity contribution in [1.82, 2.24) is 0 Å². The second kappa shape index (κ2) is 6.57. The van der Waals surface area contributed by atoms with Gasteiger partial charge in [-0.05, 0) is 79.7 Å². The van der Waals surface area contributed by atoms with E-state index in [2.05, 4.69) is 29.8 Å². The van der Waals surface area contributed by atoms with Gasteiger partial charge in [0, 0.05) is 4.47 Å². The molecule has 112 valence electrons. The van der Waals surface area contributed by atoms with Crippen molar-refractivity contribution < 1.29 is 4.39 Å². The summed E-state index contributed by atoms with van der Waals surface area (Å²) in [5.41, 5.74) is 7.30. The standard InChI is InChI=1S/C17H25BrFN/c1-12(2)14-3-5-17(11-20,6-4-14)10-13-7-15(18)9-16(19)8-13/h7-9,12,14H,3-6,10-11,20H2,1-2H3. The Morgan fingerprint density at radius 1 is 1.30 bits per heavy atom. The van der Waals surface area contributed by atoms with Gasteiger partial charge in [-0.3, -0.25) is 0 Å². The summed E-state index contributed by atoms with van der Waals surface area (Å²) in [6.07, 6.45) is 5.74. The molecule has 20 heavy (non-hydrogen) atoms. The predicted molar refractivity (Wildman–Crippen MR) is 86.1 cm³/mol. The lowest BCUT2D eigenvalue weighted by molar-refractivity contribution is 0.132. The molecule has 0 aromatic heterocycles. The molecular weight excluding hydrogens is 317 g/mol. The van der Waals surface area contributed by atoms with E-state index in [4.69, 9.17) is 5.73 Å². The van der Waals surface area contributed by atoms with Crippen molar-refractivity contribution in [2.75, 3.05) is 6.54 Å². The minimum absolute atomic E-state index is 0.165. The molecule has 1 aromatic carbocycles. The molecule has 2 N–H and O–H groups in total. The lowest BCUT2D eigenvalue weighted by Crippen LogP contribution is -2.37. The summed E-state index contributed by atoms with van der Waals surface area (Å²) in [4.78, 5) is 0. The van der Waals surface area contributed by atoms with Crippen LogP contribution < -0.4 is 5.73 Å². The molecule has 2 rings (SSSR count). The summed E-state index contributed by atoms with van der Waals surface area (Å²) in [5, 5.41) is 0. The molecule has 1 aliphatic rings. The first kappa shape index (κ1) is 16.0. The van der Waals surface area contributed by atoms with E-state index in [1.165, 1.54) is 31.7 Å². The zero-order valence-electron chi connectivity index (χ0n) is 12.5. The lowest BCUT2D eigenvalue weighted by Gasteiger charge is -2.41. The molecule has 1 aromatic rings. The molecule has 1 saturated carbocycles. The van der Waals surface area contributed by atoms with Gasteiger partial charge in [0.1, 0.15) is 5.82 Å². The van der Waals surface area contributed by atoms with E-state index in [1.807, 2.05) is 6.07 Å². The molecule has 0 radical (unpaired) electrons. The van der Waals surface area contributed by atoms with E-state index in [1.54, 1.807) is 6.07 Å². The van der Waals surface area contributed by atoms with Crippen molar-refractivity contribution in [2.24, 2.45) is 23.0 Å². The van der Waals surface area contributed by atoms with Crippen molar-refractivity contribution in [2.45, 2.75) is 46.0 Å². The van der Waals surface area contributed by atoms with Gasteiger partial charge in [-0.25, -0.2) is 4.39 Å². The second-order valence-corrected chi connectivity index (χ2v) is 7.66. The fourth-order valence-corrected chi connectivity index (χ4v) is 4.03. The first-order valence-corrected chi connectivity index (χ1v) is 8.38. The molecule has 0 atom stereocenters. The van der Waals surface area contributed by atoms with Crippen LogP contribution in [0.4, 0.5) is 4.39 Å². The first-order valence-electron chi connectivity index (χ1n) is 7.59. The molecule has 1 fully saturated rings. The van der Waals surface area contributed by atoms with Gasteiger partial charge in [0.25, 0.3) is 0 Å². The summed E-state index contributed by atoms with van der Waals surface area (Å²) in [6, 6.07) is 5.18. The third-order valence-corrected chi connectivity index (χ3v) is 5.43. The van der Waals surface area contributed by atoms with Gasteiger partial charge in [0.15, 0.2) is 0 Å². The zero-order valence-corrected chi connectivity index (χ0v) is 14.0. The van der Waals surface area contributed by atoms with E-state index in [0.717, 1.165) is 28.3 Å². The minimum atomic E-state index is -0.169. The summed E-state index contributed by atoms with van der Waals surface area (Å²) in [5.74, 6) is 1.42. The maximum Gasteiger partial charge on any atom is 0.124 e. The molecule has 0 amide bonds. The van der Waals surface area contributed by atoms with Gasteiger partial charge in [-0.1, -0.05) is 29.8 Å². The van der Waals surface area contributed by atoms with Crippen LogP contribution in [-0.2, 0) is 6.42 Å². The summed E-state index contributed by atoms with van der Waals surface area (Å²) < 4.78 is 14.3. The van der Waals surface area contributed by atoms with Gasteiger partial charge in [0.05, 0.1) is 0 Å². The maximum absolute atomic E-state index is 13.5. The van der Waals surface area contributed by atoms with Crippen LogP contribution in [0.2, 0.25) is 0 Å². The molecule has 0 aliphatic heterocycles. The molecule has 0 saturated heterocycles. The highest BCUT2D eigenvalue weighted by Gasteiger charge is 2.35. The average Bonchev–Trinajstić information content (AvgIpc) is 2.38. The molecule has 0 spiro atoms. The van der Waals surface area contributed by atoms with Crippen molar-refractivity contribution in [3.05, 3.63) is 34.1 Å². The normalized spacial score (nSPS) is 27.0. The Labute approximate surface area is 130 Å². The van der Waals surface area contributed by atoms with Crippen LogP contribution in [0, 0.1) is 23.1 Å². The Hall–Kier alpha value is -0.410. The van der Waals surface area contributed by atoms with E-state index < -0.39 is 0 Å². The minimum Gasteiger partial charge on any atom is -0.330 e. The van der Waals surface area contributed by atoms with Crippen LogP contribution in [-0.4, -0.2) is 6.54 Å². The zero-order chi connectivity index (χ0) is 14.8. The molecule has 0 unspecified atom stereocenters. The van der Waals surface area contributed by atoms with Crippen LogP contribution in [0.1, 0.15) is 45.1 Å². The number of hydrogen-bond acceptors (Lipinski definition) is 1. The largest absolute Gasteiger partial charge is 0.330 e. The van der Waals surface area contributed by atoms with E-state index >= 15 is 0 Å². The van der Waals surface area contributed by atoms with Crippen LogP contribution in [0.3, 0.4) is 0 Å².